The van der Waals surface area contributed by atoms with E-state index in [-0.39, 0.29) is 23.8 Å². The van der Waals surface area contributed by atoms with Crippen molar-refractivity contribution < 1.29 is 14.3 Å². The van der Waals surface area contributed by atoms with Crippen molar-refractivity contribution >= 4 is 40.7 Å². The maximum atomic E-state index is 13.3. The van der Waals surface area contributed by atoms with E-state index in [1.54, 1.807) is 6.92 Å². The molecular formula is C26H29N3O3S2. The third-order valence-corrected chi connectivity index (χ3v) is 7.13. The van der Waals surface area contributed by atoms with Gasteiger partial charge in [-0.15, -0.1) is 11.3 Å². The van der Waals surface area contributed by atoms with Gasteiger partial charge in [-0.1, -0.05) is 42.1 Å². The smallest absolute Gasteiger partial charge is 0.337 e. The number of nitrogens with one attached hydrogen (secondary N) is 2. The van der Waals surface area contributed by atoms with E-state index in [2.05, 4.69) is 16.7 Å². The summed E-state index contributed by atoms with van der Waals surface area (Å²) in [5, 5.41) is 19.0. The van der Waals surface area contributed by atoms with Gasteiger partial charge in [0.1, 0.15) is 0 Å². The number of thiophene rings is 1. The highest BCUT2D eigenvalue weighted by atomic mass is 32.2. The minimum atomic E-state index is -0.589. The predicted octanol–water partition coefficient (Wildman–Crippen LogP) is 5.10. The van der Waals surface area contributed by atoms with E-state index in [4.69, 9.17) is 4.74 Å². The Balaban J connectivity index is 2.14. The fraction of sp³-hybridized carbons (Fsp3) is 0.346. The molecule has 0 fully saturated rings. The highest BCUT2D eigenvalue weighted by Crippen LogP contribution is 2.45. The summed E-state index contributed by atoms with van der Waals surface area (Å²) in [5.74, 6) is -1.05. The largest absolute Gasteiger partial charge is 0.463 e. The lowest BCUT2D eigenvalue weighted by Crippen LogP contribution is -2.41. The molecule has 0 spiro atoms. The lowest BCUT2D eigenvalue weighted by Gasteiger charge is -2.30. The van der Waals surface area contributed by atoms with E-state index in [0.717, 1.165) is 16.0 Å². The number of hydrogen-bond donors (Lipinski definition) is 2. The van der Waals surface area contributed by atoms with E-state index in [0.29, 0.717) is 21.9 Å². The number of benzene rings is 1. The van der Waals surface area contributed by atoms with Crippen LogP contribution in [0.4, 0.5) is 0 Å². The lowest BCUT2D eigenvalue weighted by molar-refractivity contribution is -0.138. The van der Waals surface area contributed by atoms with Crippen LogP contribution in [0.25, 0.3) is 5.70 Å². The highest BCUT2D eigenvalue weighted by molar-refractivity contribution is 8.03. The van der Waals surface area contributed by atoms with Crippen LogP contribution < -0.4 is 10.6 Å². The SMILES string of the molecule is CCOC(=O)C1=C(c2ccccc2)NC(SCC(=O)NC(C)(C)C)=C(C#N)[C@H]1c1sccc1C. The van der Waals surface area contributed by atoms with Gasteiger partial charge in [-0.3, -0.25) is 4.79 Å². The van der Waals surface area contributed by atoms with Gasteiger partial charge in [0.15, 0.2) is 0 Å². The Morgan fingerprint density at radius 2 is 1.94 bits per heavy atom. The number of carbonyl (C=O) groups excluding carboxylic acids is 2. The zero-order chi connectivity index (χ0) is 24.9. The number of esters is 1. The van der Waals surface area contributed by atoms with Crippen LogP contribution in [0.3, 0.4) is 0 Å². The topological polar surface area (TPSA) is 91.2 Å². The van der Waals surface area contributed by atoms with Gasteiger partial charge in [-0.25, -0.2) is 4.79 Å². The zero-order valence-corrected chi connectivity index (χ0v) is 21.7. The van der Waals surface area contributed by atoms with Crippen molar-refractivity contribution in [3.63, 3.8) is 0 Å². The molecule has 1 aliphatic heterocycles. The summed E-state index contributed by atoms with van der Waals surface area (Å²) in [6.45, 7) is 9.72. The van der Waals surface area contributed by atoms with Crippen LogP contribution in [0.1, 0.15) is 49.6 Å². The number of nitriles is 1. The zero-order valence-electron chi connectivity index (χ0n) is 20.0. The van der Waals surface area contributed by atoms with Crippen molar-refractivity contribution in [1.29, 1.82) is 5.26 Å². The molecular weight excluding hydrogens is 466 g/mol. The molecule has 1 aromatic heterocycles. The molecule has 0 saturated heterocycles. The second kappa shape index (κ2) is 10.9. The summed E-state index contributed by atoms with van der Waals surface area (Å²) in [6, 6.07) is 13.8. The van der Waals surface area contributed by atoms with Crippen molar-refractivity contribution in [3.05, 3.63) is 74.0 Å². The number of hydrogen-bond acceptors (Lipinski definition) is 7. The Hall–Kier alpha value is -3.02. The van der Waals surface area contributed by atoms with Gasteiger partial charge in [-0.05, 0) is 57.2 Å². The standard InChI is InChI=1S/C26H29N3O3S2/c1-6-32-25(31)21-20(23-16(2)12-13-33-23)18(14-27)24(34-15-19(30)29-26(3,4)5)28-22(21)17-10-8-7-9-11-17/h7-13,20,28H,6,15H2,1-5H3,(H,29,30)/t20-/m1/s1. The molecule has 0 unspecified atom stereocenters. The molecule has 0 bridgehead atoms. The maximum Gasteiger partial charge on any atom is 0.337 e. The van der Waals surface area contributed by atoms with Crippen molar-refractivity contribution in [3.8, 4) is 6.07 Å². The van der Waals surface area contributed by atoms with Gasteiger partial charge >= 0.3 is 5.97 Å². The van der Waals surface area contributed by atoms with Crippen LogP contribution in [0.15, 0.2) is 58.0 Å². The van der Waals surface area contributed by atoms with Gasteiger partial charge in [-0.2, -0.15) is 5.26 Å². The number of nitrogens with zero attached hydrogens (tertiary/aromatic N) is 1. The molecule has 178 valence electrons. The quantitative estimate of drug-likeness (QED) is 0.519. The molecule has 3 rings (SSSR count). The first-order valence-corrected chi connectivity index (χ1v) is 12.9. The van der Waals surface area contributed by atoms with Crippen molar-refractivity contribution in [2.75, 3.05) is 12.4 Å². The third-order valence-electron chi connectivity index (χ3n) is 5.03. The first-order valence-electron chi connectivity index (χ1n) is 11.0. The highest BCUT2D eigenvalue weighted by Gasteiger charge is 2.38. The minimum Gasteiger partial charge on any atom is -0.463 e. The Morgan fingerprint density at radius 1 is 1.24 bits per heavy atom. The number of thioether (sulfide) groups is 1. The Kier molecular flexibility index (Phi) is 8.24. The molecule has 1 aromatic carbocycles. The molecule has 0 saturated carbocycles. The normalized spacial score (nSPS) is 16.1. The first-order chi connectivity index (χ1) is 16.2. The van der Waals surface area contributed by atoms with E-state index < -0.39 is 11.9 Å². The number of allylic oxidation sites excluding steroid dienone is 1. The number of aryl methyl sites for hydroxylation is 1. The molecule has 2 aromatic rings. The van der Waals surface area contributed by atoms with Gasteiger partial charge < -0.3 is 15.4 Å². The fourth-order valence-corrected chi connectivity index (χ4v) is 5.58. The van der Waals surface area contributed by atoms with E-state index in [9.17, 15) is 14.9 Å². The van der Waals surface area contributed by atoms with E-state index >= 15 is 0 Å². The minimum absolute atomic E-state index is 0.130. The molecule has 1 aliphatic rings. The second-order valence-corrected chi connectivity index (χ2v) is 10.8. The van der Waals surface area contributed by atoms with Crippen LogP contribution >= 0.6 is 23.1 Å². The third kappa shape index (κ3) is 5.91. The monoisotopic (exact) mass is 495 g/mol. The van der Waals surface area contributed by atoms with Crippen LogP contribution in [-0.4, -0.2) is 29.8 Å². The lowest BCUT2D eigenvalue weighted by atomic mass is 9.84. The molecule has 1 amide bonds. The molecule has 0 aliphatic carbocycles. The van der Waals surface area contributed by atoms with Crippen LogP contribution in [0, 0.1) is 18.3 Å². The van der Waals surface area contributed by atoms with E-state index in [1.165, 1.54) is 23.1 Å². The average Bonchev–Trinajstić information content (AvgIpc) is 3.21. The summed E-state index contributed by atoms with van der Waals surface area (Å²) in [4.78, 5) is 26.7. The average molecular weight is 496 g/mol. The predicted molar refractivity (Wildman–Crippen MR) is 138 cm³/mol. The molecule has 2 N–H and O–H groups in total. The summed E-state index contributed by atoms with van der Waals surface area (Å²) in [6.07, 6.45) is 0. The van der Waals surface area contributed by atoms with Crippen molar-refractivity contribution in [2.45, 2.75) is 46.1 Å². The molecule has 8 heteroatoms. The summed E-state index contributed by atoms with van der Waals surface area (Å²) >= 11 is 2.77. The summed E-state index contributed by atoms with van der Waals surface area (Å²) in [5.41, 5.74) is 2.84. The number of amides is 1. The molecule has 34 heavy (non-hydrogen) atoms. The van der Waals surface area contributed by atoms with Gasteiger partial charge in [0.05, 0.1) is 46.2 Å². The second-order valence-electron chi connectivity index (χ2n) is 8.84. The Bertz CT molecular complexity index is 1170. The summed E-state index contributed by atoms with van der Waals surface area (Å²) < 4.78 is 5.45. The Morgan fingerprint density at radius 3 is 2.50 bits per heavy atom. The molecule has 6 nitrogen and oxygen atoms in total. The van der Waals surface area contributed by atoms with Crippen LogP contribution in [-0.2, 0) is 14.3 Å². The first kappa shape index (κ1) is 25.6. The molecule has 0 radical (unpaired) electrons. The molecule has 2 heterocycles. The van der Waals surface area contributed by atoms with Gasteiger partial charge in [0, 0.05) is 10.4 Å². The maximum absolute atomic E-state index is 13.3. The van der Waals surface area contributed by atoms with Crippen molar-refractivity contribution in [1.82, 2.24) is 10.6 Å². The van der Waals surface area contributed by atoms with Crippen molar-refractivity contribution in [2.24, 2.45) is 0 Å². The molecule has 1 atom stereocenters. The fourth-order valence-electron chi connectivity index (χ4n) is 3.69. The Labute approximate surface area is 209 Å². The van der Waals surface area contributed by atoms with E-state index in [1.807, 2.05) is 69.5 Å². The number of dihydropyridines is 1. The van der Waals surface area contributed by atoms with Crippen LogP contribution in [0.2, 0.25) is 0 Å². The van der Waals surface area contributed by atoms with Gasteiger partial charge in [0.25, 0.3) is 0 Å². The number of carbonyl (C=O) groups is 2. The number of ether oxygens (including phenoxy) is 1. The number of rotatable bonds is 7. The van der Waals surface area contributed by atoms with Gasteiger partial charge in [0.2, 0.25) is 5.91 Å². The van der Waals surface area contributed by atoms with Crippen LogP contribution in [0.5, 0.6) is 0 Å². The summed E-state index contributed by atoms with van der Waals surface area (Å²) in [7, 11) is 0.